The Labute approximate surface area is 96.6 Å². The van der Waals surface area contributed by atoms with Crippen LogP contribution in [0.15, 0.2) is 12.2 Å². The van der Waals surface area contributed by atoms with E-state index in [0.717, 1.165) is 19.4 Å². The first-order chi connectivity index (χ1) is 7.63. The van der Waals surface area contributed by atoms with E-state index in [1.807, 2.05) is 6.92 Å². The maximum Gasteiger partial charge on any atom is 0.335 e. The molecule has 1 aliphatic heterocycles. The summed E-state index contributed by atoms with van der Waals surface area (Å²) in [7, 11) is 0. The fourth-order valence-corrected chi connectivity index (χ4v) is 1.45. The minimum atomic E-state index is -0.492. The molecule has 2 unspecified atom stereocenters. The molecule has 4 heteroatoms. The van der Waals surface area contributed by atoms with Gasteiger partial charge in [0.25, 0.3) is 0 Å². The van der Waals surface area contributed by atoms with Crippen LogP contribution in [0.2, 0.25) is 0 Å². The molecule has 0 amide bonds. The van der Waals surface area contributed by atoms with Gasteiger partial charge in [0.2, 0.25) is 6.29 Å². The summed E-state index contributed by atoms with van der Waals surface area (Å²) < 4.78 is 16.0. The highest BCUT2D eigenvalue weighted by atomic mass is 16.7. The highest BCUT2D eigenvalue weighted by molar-refractivity contribution is 5.86. The van der Waals surface area contributed by atoms with Crippen molar-refractivity contribution in [1.29, 1.82) is 0 Å². The first-order valence-electron chi connectivity index (χ1n) is 5.73. The predicted octanol–water partition coefficient (Wildman–Crippen LogP) is 2.04. The van der Waals surface area contributed by atoms with Gasteiger partial charge in [0.15, 0.2) is 0 Å². The Bertz CT molecular complexity index is 243. The zero-order chi connectivity index (χ0) is 12.0. The van der Waals surface area contributed by atoms with Gasteiger partial charge in [-0.1, -0.05) is 13.5 Å². The first-order valence-corrected chi connectivity index (χ1v) is 5.73. The van der Waals surface area contributed by atoms with Crippen molar-refractivity contribution in [2.24, 2.45) is 0 Å². The maximum absolute atomic E-state index is 11.3. The molecule has 0 aromatic rings. The third-order valence-electron chi connectivity index (χ3n) is 2.41. The Morgan fingerprint density at radius 1 is 1.62 bits per heavy atom. The van der Waals surface area contributed by atoms with Crippen molar-refractivity contribution in [2.75, 3.05) is 13.2 Å². The van der Waals surface area contributed by atoms with Crippen LogP contribution < -0.4 is 0 Å². The molecular weight excluding hydrogens is 208 g/mol. The highest BCUT2D eigenvalue weighted by Crippen LogP contribution is 2.14. The molecule has 16 heavy (non-hydrogen) atoms. The van der Waals surface area contributed by atoms with Gasteiger partial charge >= 0.3 is 5.97 Å². The minimum absolute atomic E-state index is 0.151. The smallest absolute Gasteiger partial charge is 0.335 e. The van der Waals surface area contributed by atoms with Gasteiger partial charge in [-0.3, -0.25) is 0 Å². The Kier molecular flexibility index (Phi) is 5.49. The molecule has 0 N–H and O–H groups in total. The van der Waals surface area contributed by atoms with Crippen molar-refractivity contribution >= 4 is 5.97 Å². The van der Waals surface area contributed by atoms with Gasteiger partial charge in [0, 0.05) is 18.6 Å². The molecule has 1 fully saturated rings. The van der Waals surface area contributed by atoms with Crippen LogP contribution in [0.4, 0.5) is 0 Å². The van der Waals surface area contributed by atoms with Crippen molar-refractivity contribution < 1.29 is 19.0 Å². The summed E-state index contributed by atoms with van der Waals surface area (Å²) >= 11 is 0. The van der Waals surface area contributed by atoms with Gasteiger partial charge in [0.05, 0.1) is 12.7 Å². The summed E-state index contributed by atoms with van der Waals surface area (Å²) in [5.74, 6) is -0.404. The van der Waals surface area contributed by atoms with E-state index in [1.54, 1.807) is 6.92 Å². The van der Waals surface area contributed by atoms with Crippen molar-refractivity contribution in [3.8, 4) is 0 Å². The second-order valence-corrected chi connectivity index (χ2v) is 3.99. The fourth-order valence-electron chi connectivity index (χ4n) is 1.45. The lowest BCUT2D eigenvalue weighted by atomic mass is 10.2. The Morgan fingerprint density at radius 2 is 2.38 bits per heavy atom. The number of carbonyl (C=O) groups excluding carboxylic acids is 1. The van der Waals surface area contributed by atoms with Gasteiger partial charge in [-0.25, -0.2) is 4.79 Å². The highest BCUT2D eigenvalue weighted by Gasteiger charge is 2.19. The molecule has 92 valence electrons. The van der Waals surface area contributed by atoms with Crippen LogP contribution in [0.5, 0.6) is 0 Å². The SMILES string of the molecule is C=C(C)C(=O)OC(CC)OCC1CCCO1. The van der Waals surface area contributed by atoms with E-state index < -0.39 is 12.3 Å². The van der Waals surface area contributed by atoms with Crippen LogP contribution in [0.25, 0.3) is 0 Å². The lowest BCUT2D eigenvalue weighted by Crippen LogP contribution is -2.25. The number of ether oxygens (including phenoxy) is 3. The predicted molar refractivity (Wildman–Crippen MR) is 59.9 cm³/mol. The van der Waals surface area contributed by atoms with E-state index in [4.69, 9.17) is 14.2 Å². The van der Waals surface area contributed by atoms with Crippen molar-refractivity contribution in [1.82, 2.24) is 0 Å². The minimum Gasteiger partial charge on any atom is -0.432 e. The largest absolute Gasteiger partial charge is 0.432 e. The quantitative estimate of drug-likeness (QED) is 0.396. The van der Waals surface area contributed by atoms with Crippen LogP contribution in [0.3, 0.4) is 0 Å². The van der Waals surface area contributed by atoms with Crippen molar-refractivity contribution in [2.45, 2.75) is 45.5 Å². The van der Waals surface area contributed by atoms with Crippen LogP contribution >= 0.6 is 0 Å². The number of esters is 1. The third kappa shape index (κ3) is 4.33. The summed E-state index contributed by atoms with van der Waals surface area (Å²) in [6.45, 7) is 8.34. The average Bonchev–Trinajstić information content (AvgIpc) is 2.76. The second kappa shape index (κ2) is 6.66. The molecule has 1 saturated heterocycles. The molecule has 0 bridgehead atoms. The molecule has 0 saturated carbocycles. The topological polar surface area (TPSA) is 44.8 Å². The van der Waals surface area contributed by atoms with E-state index in [9.17, 15) is 4.79 Å². The Hall–Kier alpha value is -0.870. The summed E-state index contributed by atoms with van der Waals surface area (Å²) in [4.78, 5) is 11.3. The molecular formula is C12H20O4. The van der Waals surface area contributed by atoms with Crippen LogP contribution in [0, 0.1) is 0 Å². The van der Waals surface area contributed by atoms with Crippen molar-refractivity contribution in [3.63, 3.8) is 0 Å². The van der Waals surface area contributed by atoms with Gasteiger partial charge in [-0.15, -0.1) is 0 Å². The van der Waals surface area contributed by atoms with Crippen molar-refractivity contribution in [3.05, 3.63) is 12.2 Å². The molecule has 2 atom stereocenters. The Morgan fingerprint density at radius 3 is 2.88 bits per heavy atom. The van der Waals surface area contributed by atoms with Crippen LogP contribution in [-0.2, 0) is 19.0 Å². The third-order valence-corrected chi connectivity index (χ3v) is 2.41. The molecule has 0 aliphatic carbocycles. The Balaban J connectivity index is 2.25. The molecule has 4 nitrogen and oxygen atoms in total. The number of carbonyl (C=O) groups is 1. The summed E-state index contributed by atoms with van der Waals surface area (Å²) in [6.07, 6.45) is 2.39. The number of rotatable bonds is 6. The number of hydrogen-bond acceptors (Lipinski definition) is 4. The van der Waals surface area contributed by atoms with Gasteiger partial charge < -0.3 is 14.2 Å². The lowest BCUT2D eigenvalue weighted by molar-refractivity contribution is -0.180. The van der Waals surface area contributed by atoms with E-state index in [1.165, 1.54) is 0 Å². The molecule has 1 heterocycles. The van der Waals surface area contributed by atoms with Crippen LogP contribution in [0.1, 0.15) is 33.1 Å². The van der Waals surface area contributed by atoms with E-state index in [2.05, 4.69) is 6.58 Å². The standard InChI is InChI=1S/C12H20O4/c1-4-11(16-12(13)9(2)3)15-8-10-6-5-7-14-10/h10-11H,2,4-8H2,1,3H3. The zero-order valence-electron chi connectivity index (χ0n) is 10.0. The van der Waals surface area contributed by atoms with E-state index in [0.29, 0.717) is 18.6 Å². The maximum atomic E-state index is 11.3. The molecule has 0 aromatic heterocycles. The van der Waals surface area contributed by atoms with Gasteiger partial charge in [-0.2, -0.15) is 0 Å². The number of hydrogen-bond donors (Lipinski definition) is 0. The first kappa shape index (κ1) is 13.2. The second-order valence-electron chi connectivity index (χ2n) is 3.99. The molecule has 0 radical (unpaired) electrons. The summed E-state index contributed by atoms with van der Waals surface area (Å²) in [5, 5.41) is 0. The lowest BCUT2D eigenvalue weighted by Gasteiger charge is -2.18. The molecule has 1 aliphatic rings. The fraction of sp³-hybridized carbons (Fsp3) is 0.750. The molecule has 0 spiro atoms. The molecule has 1 rings (SSSR count). The average molecular weight is 228 g/mol. The van der Waals surface area contributed by atoms with E-state index >= 15 is 0 Å². The normalized spacial score (nSPS) is 21.8. The monoisotopic (exact) mass is 228 g/mol. The summed E-state index contributed by atoms with van der Waals surface area (Å²) in [5.41, 5.74) is 0.388. The van der Waals surface area contributed by atoms with Gasteiger partial charge in [0.1, 0.15) is 0 Å². The molecule has 0 aromatic carbocycles. The van der Waals surface area contributed by atoms with E-state index in [-0.39, 0.29) is 6.10 Å². The zero-order valence-corrected chi connectivity index (χ0v) is 10.0. The van der Waals surface area contributed by atoms with Gasteiger partial charge in [-0.05, 0) is 19.8 Å². The van der Waals surface area contributed by atoms with Crippen LogP contribution in [-0.4, -0.2) is 31.6 Å². The summed E-state index contributed by atoms with van der Waals surface area (Å²) in [6, 6.07) is 0.